The molecule has 0 radical (unpaired) electrons. The van der Waals surface area contributed by atoms with E-state index < -0.39 is 0 Å². The largest absolute Gasteiger partial charge is 0.365 e. The zero-order valence-electron chi connectivity index (χ0n) is 10.0. The third-order valence-corrected chi connectivity index (χ3v) is 3.34. The van der Waals surface area contributed by atoms with Crippen LogP contribution in [0.3, 0.4) is 0 Å². The second-order valence-corrected chi connectivity index (χ2v) is 4.70. The normalized spacial score (nSPS) is 17.5. The van der Waals surface area contributed by atoms with Gasteiger partial charge in [-0.1, -0.05) is 19.3 Å². The molecular weight excluding hydrogens is 214 g/mol. The number of hydrogen-bond acceptors (Lipinski definition) is 4. The van der Waals surface area contributed by atoms with Crippen LogP contribution in [0.25, 0.3) is 11.2 Å². The Morgan fingerprint density at radius 2 is 2.06 bits per heavy atom. The highest BCUT2D eigenvalue weighted by Crippen LogP contribution is 2.23. The zero-order chi connectivity index (χ0) is 11.7. The van der Waals surface area contributed by atoms with Crippen molar-refractivity contribution in [3.8, 4) is 0 Å². The lowest BCUT2D eigenvalue weighted by atomic mass is 9.95. The van der Waals surface area contributed by atoms with E-state index >= 15 is 0 Å². The van der Waals surface area contributed by atoms with Gasteiger partial charge in [0.05, 0.1) is 6.33 Å². The number of aromatic nitrogens is 4. The fourth-order valence-corrected chi connectivity index (χ4v) is 2.49. The molecule has 0 amide bonds. The van der Waals surface area contributed by atoms with Crippen LogP contribution >= 0.6 is 0 Å². The van der Waals surface area contributed by atoms with Gasteiger partial charge in [-0.05, 0) is 19.8 Å². The summed E-state index contributed by atoms with van der Waals surface area (Å²) in [5.41, 5.74) is 1.66. The minimum Gasteiger partial charge on any atom is -0.365 e. The first kappa shape index (κ1) is 10.5. The number of rotatable bonds is 2. The van der Waals surface area contributed by atoms with Crippen LogP contribution in [0.1, 0.15) is 37.9 Å². The lowest BCUT2D eigenvalue weighted by molar-refractivity contribution is 0.462. The molecule has 2 aromatic heterocycles. The topological polar surface area (TPSA) is 66.5 Å². The Balaban J connectivity index is 1.90. The van der Waals surface area contributed by atoms with E-state index in [0.717, 1.165) is 22.8 Å². The van der Waals surface area contributed by atoms with Crippen molar-refractivity contribution in [1.82, 2.24) is 19.9 Å². The zero-order valence-corrected chi connectivity index (χ0v) is 10.0. The predicted molar refractivity (Wildman–Crippen MR) is 66.9 cm³/mol. The van der Waals surface area contributed by atoms with Crippen molar-refractivity contribution in [2.75, 3.05) is 5.32 Å². The maximum absolute atomic E-state index is 4.46. The molecule has 0 aromatic carbocycles. The summed E-state index contributed by atoms with van der Waals surface area (Å²) in [6.07, 6.45) is 8.12. The number of anilines is 1. The predicted octanol–water partition coefficient (Wildman–Crippen LogP) is 2.41. The van der Waals surface area contributed by atoms with Crippen LogP contribution in [0.15, 0.2) is 6.33 Å². The van der Waals surface area contributed by atoms with Gasteiger partial charge in [0.2, 0.25) is 0 Å². The standard InChI is InChI=1S/C12H17N5/c1-8-15-11-10(13-7-14-11)12(16-8)17-9-5-3-2-4-6-9/h7,9H,2-6H2,1H3,(H2,13,14,15,16,17). The number of H-pyrrole nitrogens is 1. The summed E-state index contributed by atoms with van der Waals surface area (Å²) in [5.74, 6) is 1.65. The Labute approximate surface area is 100 Å². The maximum atomic E-state index is 4.46. The summed E-state index contributed by atoms with van der Waals surface area (Å²) in [5, 5.41) is 3.52. The molecule has 90 valence electrons. The van der Waals surface area contributed by atoms with Gasteiger partial charge in [0.15, 0.2) is 11.5 Å². The molecule has 1 fully saturated rings. The number of nitrogens with one attached hydrogen (secondary N) is 2. The number of nitrogens with zero attached hydrogens (tertiary/aromatic N) is 3. The Kier molecular flexibility index (Phi) is 2.66. The summed E-state index contributed by atoms with van der Waals surface area (Å²) in [6.45, 7) is 1.91. The maximum Gasteiger partial charge on any atom is 0.163 e. The Morgan fingerprint density at radius 3 is 2.88 bits per heavy atom. The Bertz CT molecular complexity index is 513. The fraction of sp³-hybridized carbons (Fsp3) is 0.583. The SMILES string of the molecule is Cc1nc(NC2CCCCC2)c2nc[nH]c2n1. The molecule has 0 atom stereocenters. The monoisotopic (exact) mass is 231 g/mol. The van der Waals surface area contributed by atoms with E-state index in [1.165, 1.54) is 32.1 Å². The van der Waals surface area contributed by atoms with Gasteiger partial charge >= 0.3 is 0 Å². The molecule has 2 aromatic rings. The van der Waals surface area contributed by atoms with Gasteiger partial charge < -0.3 is 10.3 Å². The third kappa shape index (κ3) is 2.09. The summed E-state index contributed by atoms with van der Waals surface area (Å²) in [7, 11) is 0. The second kappa shape index (κ2) is 4.31. The quantitative estimate of drug-likeness (QED) is 0.833. The van der Waals surface area contributed by atoms with Gasteiger partial charge in [0.25, 0.3) is 0 Å². The molecule has 0 saturated heterocycles. The fourth-order valence-electron chi connectivity index (χ4n) is 2.49. The lowest BCUT2D eigenvalue weighted by Gasteiger charge is -2.23. The lowest BCUT2D eigenvalue weighted by Crippen LogP contribution is -2.23. The summed E-state index contributed by atoms with van der Waals surface area (Å²) in [4.78, 5) is 16.1. The van der Waals surface area contributed by atoms with Crippen molar-refractivity contribution in [2.24, 2.45) is 0 Å². The molecule has 0 aliphatic heterocycles. The van der Waals surface area contributed by atoms with E-state index in [2.05, 4.69) is 25.3 Å². The van der Waals surface area contributed by atoms with E-state index in [4.69, 9.17) is 0 Å². The molecule has 5 heteroatoms. The molecule has 0 spiro atoms. The first-order chi connectivity index (χ1) is 8.33. The van der Waals surface area contributed by atoms with Gasteiger partial charge in [0.1, 0.15) is 11.3 Å². The molecule has 1 aliphatic rings. The molecule has 2 heterocycles. The number of aromatic amines is 1. The molecule has 1 saturated carbocycles. The molecule has 3 rings (SSSR count). The molecule has 0 bridgehead atoms. The Hall–Kier alpha value is -1.65. The van der Waals surface area contributed by atoms with Crippen LogP contribution in [0.5, 0.6) is 0 Å². The van der Waals surface area contributed by atoms with Crippen molar-refractivity contribution in [3.05, 3.63) is 12.2 Å². The molecule has 17 heavy (non-hydrogen) atoms. The number of hydrogen-bond donors (Lipinski definition) is 2. The van der Waals surface area contributed by atoms with Crippen molar-refractivity contribution in [1.29, 1.82) is 0 Å². The first-order valence-electron chi connectivity index (χ1n) is 6.27. The van der Waals surface area contributed by atoms with Crippen molar-refractivity contribution >= 4 is 17.0 Å². The van der Waals surface area contributed by atoms with Crippen molar-refractivity contribution < 1.29 is 0 Å². The average Bonchev–Trinajstić information content (AvgIpc) is 2.78. The molecular formula is C12H17N5. The number of imidazole rings is 1. The molecule has 1 aliphatic carbocycles. The Morgan fingerprint density at radius 1 is 1.24 bits per heavy atom. The first-order valence-corrected chi connectivity index (χ1v) is 6.27. The van der Waals surface area contributed by atoms with Crippen LogP contribution in [-0.4, -0.2) is 26.0 Å². The third-order valence-electron chi connectivity index (χ3n) is 3.34. The van der Waals surface area contributed by atoms with Gasteiger partial charge in [-0.25, -0.2) is 15.0 Å². The number of aryl methyl sites for hydroxylation is 1. The van der Waals surface area contributed by atoms with Crippen LogP contribution in [0.4, 0.5) is 5.82 Å². The van der Waals surface area contributed by atoms with Gasteiger partial charge in [-0.3, -0.25) is 0 Å². The van der Waals surface area contributed by atoms with E-state index in [9.17, 15) is 0 Å². The molecule has 5 nitrogen and oxygen atoms in total. The second-order valence-electron chi connectivity index (χ2n) is 4.70. The highest BCUT2D eigenvalue weighted by atomic mass is 15.1. The summed E-state index contributed by atoms with van der Waals surface area (Å²) >= 11 is 0. The minimum atomic E-state index is 0.540. The van der Waals surface area contributed by atoms with E-state index in [-0.39, 0.29) is 0 Å². The van der Waals surface area contributed by atoms with Crippen molar-refractivity contribution in [3.63, 3.8) is 0 Å². The van der Waals surface area contributed by atoms with Crippen LogP contribution in [0.2, 0.25) is 0 Å². The summed E-state index contributed by atoms with van der Waals surface area (Å²) in [6, 6.07) is 0.540. The average molecular weight is 231 g/mol. The van der Waals surface area contributed by atoms with Gasteiger partial charge in [-0.2, -0.15) is 0 Å². The minimum absolute atomic E-state index is 0.540. The van der Waals surface area contributed by atoms with Gasteiger partial charge in [-0.15, -0.1) is 0 Å². The van der Waals surface area contributed by atoms with Crippen LogP contribution in [0, 0.1) is 6.92 Å². The van der Waals surface area contributed by atoms with Gasteiger partial charge in [0, 0.05) is 6.04 Å². The highest BCUT2D eigenvalue weighted by Gasteiger charge is 2.16. The van der Waals surface area contributed by atoms with E-state index in [1.807, 2.05) is 6.92 Å². The molecule has 2 N–H and O–H groups in total. The molecule has 0 unspecified atom stereocenters. The smallest absolute Gasteiger partial charge is 0.163 e. The summed E-state index contributed by atoms with van der Waals surface area (Å²) < 4.78 is 0. The van der Waals surface area contributed by atoms with Crippen LogP contribution in [-0.2, 0) is 0 Å². The highest BCUT2D eigenvalue weighted by molar-refractivity contribution is 5.82. The number of fused-ring (bicyclic) bond motifs is 1. The van der Waals surface area contributed by atoms with Crippen molar-refractivity contribution in [2.45, 2.75) is 45.1 Å². The van der Waals surface area contributed by atoms with Crippen LogP contribution < -0.4 is 5.32 Å². The van der Waals surface area contributed by atoms with E-state index in [1.54, 1.807) is 6.33 Å². The van der Waals surface area contributed by atoms with E-state index in [0.29, 0.717) is 6.04 Å².